The van der Waals surface area contributed by atoms with Crippen molar-refractivity contribution in [3.8, 4) is 17.5 Å². The van der Waals surface area contributed by atoms with Gasteiger partial charge >= 0.3 is 0 Å². The van der Waals surface area contributed by atoms with E-state index in [0.717, 1.165) is 5.56 Å². The van der Waals surface area contributed by atoms with Crippen LogP contribution in [0.1, 0.15) is 12.5 Å². The quantitative estimate of drug-likeness (QED) is 0.543. The van der Waals surface area contributed by atoms with Crippen molar-refractivity contribution in [3.63, 3.8) is 0 Å². The van der Waals surface area contributed by atoms with Crippen molar-refractivity contribution in [2.45, 2.75) is 18.7 Å². The summed E-state index contributed by atoms with van der Waals surface area (Å²) in [4.78, 5) is 17.6. The molecule has 0 amide bonds. The number of anilines is 1. The molecule has 0 bridgehead atoms. The number of fused-ring (bicyclic) bond motifs is 1. The first-order valence-electron chi connectivity index (χ1n) is 8.51. The van der Waals surface area contributed by atoms with Crippen molar-refractivity contribution in [3.05, 3.63) is 36.3 Å². The first kappa shape index (κ1) is 18.0. The van der Waals surface area contributed by atoms with Crippen LogP contribution >= 0.6 is 0 Å². The van der Waals surface area contributed by atoms with Gasteiger partial charge in [-0.2, -0.15) is 9.78 Å². The maximum atomic E-state index is 12.7. The molecule has 0 fully saturated rings. The maximum Gasteiger partial charge on any atom is 0.253 e. The lowest BCUT2D eigenvalue weighted by molar-refractivity contribution is 0.596. The fraction of sp³-hybridized carbons (Fsp3) is 0.235. The number of aromatic nitrogens is 7. The summed E-state index contributed by atoms with van der Waals surface area (Å²) in [5, 5.41) is 4.09. The molecule has 4 heterocycles. The van der Waals surface area contributed by atoms with Gasteiger partial charge in [-0.15, -0.1) is 0 Å². The third-order valence-electron chi connectivity index (χ3n) is 4.38. The Morgan fingerprint density at radius 2 is 1.96 bits per heavy atom. The van der Waals surface area contributed by atoms with E-state index in [2.05, 4.69) is 25.0 Å². The highest BCUT2D eigenvalue weighted by atomic mass is 32.2. The van der Waals surface area contributed by atoms with E-state index in [1.165, 1.54) is 17.1 Å². The van der Waals surface area contributed by atoms with Crippen molar-refractivity contribution in [2.75, 3.05) is 11.5 Å². The minimum Gasteiger partial charge on any atom is -0.383 e. The van der Waals surface area contributed by atoms with Gasteiger partial charge in [-0.1, -0.05) is 6.92 Å². The fourth-order valence-corrected chi connectivity index (χ4v) is 3.83. The van der Waals surface area contributed by atoms with E-state index in [9.17, 15) is 8.42 Å². The Morgan fingerprint density at radius 3 is 2.64 bits per heavy atom. The first-order chi connectivity index (χ1) is 13.3. The van der Waals surface area contributed by atoms with Gasteiger partial charge in [0, 0.05) is 19.3 Å². The minimum absolute atomic E-state index is 0.000365. The summed E-state index contributed by atoms with van der Waals surface area (Å²) in [7, 11) is -1.83. The molecule has 0 atom stereocenters. The number of hydrogen-bond donors (Lipinski definition) is 1. The van der Waals surface area contributed by atoms with Crippen LogP contribution in [-0.2, 0) is 16.9 Å². The molecule has 4 aromatic rings. The lowest BCUT2D eigenvalue weighted by Gasteiger charge is -2.10. The van der Waals surface area contributed by atoms with E-state index < -0.39 is 9.84 Å². The molecule has 144 valence electrons. The number of rotatable bonds is 4. The van der Waals surface area contributed by atoms with Gasteiger partial charge in [0.15, 0.2) is 21.3 Å². The Morgan fingerprint density at radius 1 is 1.18 bits per heavy atom. The lowest BCUT2D eigenvalue weighted by atomic mass is 10.3. The van der Waals surface area contributed by atoms with Gasteiger partial charge < -0.3 is 10.3 Å². The van der Waals surface area contributed by atoms with Crippen LogP contribution in [0.3, 0.4) is 0 Å². The van der Waals surface area contributed by atoms with Crippen molar-refractivity contribution in [1.82, 2.24) is 34.3 Å². The zero-order valence-corrected chi connectivity index (χ0v) is 16.3. The van der Waals surface area contributed by atoms with Crippen LogP contribution in [0.4, 0.5) is 5.82 Å². The number of hydrogen-bond acceptors (Lipinski definition) is 8. The van der Waals surface area contributed by atoms with Crippen LogP contribution in [0.2, 0.25) is 0 Å². The molecular formula is C17H18N8O2S. The maximum absolute atomic E-state index is 12.7. The van der Waals surface area contributed by atoms with Gasteiger partial charge in [0.1, 0.15) is 21.9 Å². The van der Waals surface area contributed by atoms with Crippen LogP contribution in [0.25, 0.3) is 28.6 Å². The molecule has 0 aromatic carbocycles. The first-order valence-corrected chi connectivity index (χ1v) is 10.2. The molecule has 10 nitrogen and oxygen atoms in total. The summed E-state index contributed by atoms with van der Waals surface area (Å²) in [6.07, 6.45) is 4.51. The normalized spacial score (nSPS) is 12.0. The van der Waals surface area contributed by atoms with Gasteiger partial charge in [-0.25, -0.2) is 28.4 Å². The van der Waals surface area contributed by atoms with Crippen molar-refractivity contribution in [1.29, 1.82) is 0 Å². The monoisotopic (exact) mass is 398 g/mol. The van der Waals surface area contributed by atoms with Gasteiger partial charge in [0.05, 0.1) is 18.1 Å². The summed E-state index contributed by atoms with van der Waals surface area (Å²) in [6, 6.07) is 3.48. The number of imidazole rings is 1. The molecular weight excluding hydrogens is 380 g/mol. The topological polar surface area (TPSA) is 134 Å². The standard InChI is InChI=1S/C17H18N8O2S/c1-4-28(26,27)12-9-20-17(25-13(18)5-6-21-25)23-14(12)16-22-11-7-10(2)8-19-15(11)24(16)3/h5-9H,4,18H2,1-3H3. The van der Waals surface area contributed by atoms with Crippen molar-refractivity contribution in [2.24, 2.45) is 7.05 Å². The number of aryl methyl sites for hydroxylation is 2. The fourth-order valence-electron chi connectivity index (χ4n) is 2.88. The molecule has 4 aromatic heterocycles. The zero-order valence-electron chi connectivity index (χ0n) is 15.5. The molecule has 2 N–H and O–H groups in total. The SMILES string of the molecule is CCS(=O)(=O)c1cnc(-n2nccc2N)nc1-c1nc2cc(C)cnc2n1C. The van der Waals surface area contributed by atoms with Gasteiger partial charge in [-0.3, -0.25) is 0 Å². The summed E-state index contributed by atoms with van der Waals surface area (Å²) in [6.45, 7) is 3.48. The van der Waals surface area contributed by atoms with E-state index in [0.29, 0.717) is 22.8 Å². The second kappa shape index (κ2) is 6.37. The number of pyridine rings is 1. The summed E-state index contributed by atoms with van der Waals surface area (Å²) < 4.78 is 28.4. The van der Waals surface area contributed by atoms with E-state index in [-0.39, 0.29) is 22.3 Å². The summed E-state index contributed by atoms with van der Waals surface area (Å²) in [5.41, 5.74) is 8.29. The Bertz CT molecular complexity index is 1310. The Kier molecular flexibility index (Phi) is 4.11. The largest absolute Gasteiger partial charge is 0.383 e. The Hall–Kier alpha value is -3.34. The molecule has 0 radical (unpaired) electrons. The molecule has 0 unspecified atom stereocenters. The van der Waals surface area contributed by atoms with Crippen LogP contribution < -0.4 is 5.73 Å². The van der Waals surface area contributed by atoms with E-state index in [4.69, 9.17) is 5.73 Å². The van der Waals surface area contributed by atoms with Crippen LogP contribution in [0, 0.1) is 6.92 Å². The average molecular weight is 398 g/mol. The second-order valence-electron chi connectivity index (χ2n) is 6.30. The third kappa shape index (κ3) is 2.80. The molecule has 0 aliphatic carbocycles. The molecule has 0 saturated carbocycles. The second-order valence-corrected chi connectivity index (χ2v) is 8.55. The number of nitrogens with two attached hydrogens (primary N) is 1. The van der Waals surface area contributed by atoms with Crippen LogP contribution in [0.5, 0.6) is 0 Å². The van der Waals surface area contributed by atoms with Crippen molar-refractivity contribution < 1.29 is 8.42 Å². The summed E-state index contributed by atoms with van der Waals surface area (Å²) >= 11 is 0. The average Bonchev–Trinajstić information content (AvgIpc) is 3.24. The highest BCUT2D eigenvalue weighted by Gasteiger charge is 2.25. The predicted molar refractivity (Wildman–Crippen MR) is 104 cm³/mol. The molecule has 0 saturated heterocycles. The molecule has 11 heteroatoms. The lowest BCUT2D eigenvalue weighted by Crippen LogP contribution is -2.13. The smallest absolute Gasteiger partial charge is 0.253 e. The van der Waals surface area contributed by atoms with Crippen LogP contribution in [-0.4, -0.2) is 48.5 Å². The molecule has 4 rings (SSSR count). The number of nitrogen functional groups attached to an aromatic ring is 1. The number of nitrogens with zero attached hydrogens (tertiary/aromatic N) is 7. The van der Waals surface area contributed by atoms with E-state index in [1.54, 1.807) is 30.8 Å². The Balaban J connectivity index is 2.03. The van der Waals surface area contributed by atoms with Gasteiger partial charge in [0.2, 0.25) is 0 Å². The molecule has 0 spiro atoms. The predicted octanol–water partition coefficient (Wildman–Crippen LogP) is 1.30. The van der Waals surface area contributed by atoms with Gasteiger partial charge in [-0.05, 0) is 18.6 Å². The third-order valence-corrected chi connectivity index (χ3v) is 6.11. The highest BCUT2D eigenvalue weighted by molar-refractivity contribution is 7.91. The molecule has 28 heavy (non-hydrogen) atoms. The number of sulfone groups is 1. The minimum atomic E-state index is -3.59. The van der Waals surface area contributed by atoms with Crippen molar-refractivity contribution >= 4 is 26.8 Å². The van der Waals surface area contributed by atoms with Gasteiger partial charge in [0.25, 0.3) is 5.95 Å². The molecule has 0 aliphatic rings. The van der Waals surface area contributed by atoms with Crippen LogP contribution in [0.15, 0.2) is 35.6 Å². The summed E-state index contributed by atoms with van der Waals surface area (Å²) in [5.74, 6) is 0.770. The molecule has 0 aliphatic heterocycles. The highest BCUT2D eigenvalue weighted by Crippen LogP contribution is 2.28. The van der Waals surface area contributed by atoms with E-state index >= 15 is 0 Å². The zero-order chi connectivity index (χ0) is 20.1. The van der Waals surface area contributed by atoms with E-state index in [1.807, 2.05) is 13.0 Å². The Labute approximate surface area is 161 Å².